The van der Waals surface area contributed by atoms with Crippen LogP contribution in [-0.2, 0) is 4.79 Å². The number of hydrogen-bond donors (Lipinski definition) is 0. The van der Waals surface area contributed by atoms with Crippen LogP contribution >= 0.6 is 11.6 Å². The van der Waals surface area contributed by atoms with E-state index in [1.807, 2.05) is 4.90 Å². The van der Waals surface area contributed by atoms with Gasteiger partial charge in [-0.3, -0.25) is 10.1 Å². The van der Waals surface area contributed by atoms with Gasteiger partial charge in [-0.15, -0.1) is 0 Å². The molecule has 1 aliphatic heterocycles. The molecule has 0 amide bonds. The fraction of sp³-hybridized carbons (Fsp3) is 0.417. The number of carbonyl (C=O) groups is 1. The highest BCUT2D eigenvalue weighted by atomic mass is 35.5. The fourth-order valence-corrected chi connectivity index (χ4v) is 2.35. The van der Waals surface area contributed by atoms with Crippen LogP contribution < -0.4 is 4.90 Å². The number of halogens is 1. The number of carbonyl (C=O) groups excluding carboxylic acids is 1. The summed E-state index contributed by atoms with van der Waals surface area (Å²) in [5.74, 6) is 0.0690. The summed E-state index contributed by atoms with van der Waals surface area (Å²) in [6.07, 6.45) is 2.42. The molecule has 1 aromatic rings. The van der Waals surface area contributed by atoms with Crippen molar-refractivity contribution in [3.63, 3.8) is 0 Å². The Morgan fingerprint density at radius 2 is 2.06 bits per heavy atom. The van der Waals surface area contributed by atoms with E-state index in [1.165, 1.54) is 12.1 Å². The third-order valence-corrected chi connectivity index (χ3v) is 3.44. The minimum absolute atomic E-state index is 0.0592. The van der Waals surface area contributed by atoms with E-state index >= 15 is 0 Å². The van der Waals surface area contributed by atoms with Crippen molar-refractivity contribution < 1.29 is 9.72 Å². The predicted octanol–water partition coefficient (Wildman–Crippen LogP) is 2.66. The second-order valence-corrected chi connectivity index (χ2v) is 4.79. The van der Waals surface area contributed by atoms with Crippen LogP contribution in [0.2, 0.25) is 5.02 Å². The van der Waals surface area contributed by atoms with Crippen LogP contribution in [0.15, 0.2) is 18.2 Å². The van der Waals surface area contributed by atoms with Crippen molar-refractivity contribution in [2.45, 2.75) is 12.8 Å². The van der Waals surface area contributed by atoms with E-state index in [9.17, 15) is 14.9 Å². The molecule has 96 valence electrons. The summed E-state index contributed by atoms with van der Waals surface area (Å²) in [5, 5.41) is 11.5. The Labute approximate surface area is 109 Å². The lowest BCUT2D eigenvalue weighted by atomic mass is 9.98. The summed E-state index contributed by atoms with van der Waals surface area (Å²) in [6, 6.07) is 4.55. The standard InChI is InChI=1S/C12H13ClN2O3/c13-10-1-2-11(15(17)18)12(7-10)14-5-3-9(8-16)4-6-14/h1-2,7-9H,3-6H2. The van der Waals surface area contributed by atoms with Crippen LogP contribution in [-0.4, -0.2) is 24.3 Å². The first-order chi connectivity index (χ1) is 8.61. The van der Waals surface area contributed by atoms with Gasteiger partial charge in [0, 0.05) is 30.1 Å². The molecule has 5 nitrogen and oxygen atoms in total. The summed E-state index contributed by atoms with van der Waals surface area (Å²) in [7, 11) is 0. The summed E-state index contributed by atoms with van der Waals surface area (Å²) >= 11 is 5.89. The molecule has 0 radical (unpaired) electrons. The fourth-order valence-electron chi connectivity index (χ4n) is 2.18. The highest BCUT2D eigenvalue weighted by Crippen LogP contribution is 2.33. The van der Waals surface area contributed by atoms with Crippen LogP contribution in [0.1, 0.15) is 12.8 Å². The van der Waals surface area contributed by atoms with Crippen LogP contribution in [0.4, 0.5) is 11.4 Å². The van der Waals surface area contributed by atoms with Gasteiger partial charge in [-0.05, 0) is 25.0 Å². The first-order valence-electron chi connectivity index (χ1n) is 5.76. The van der Waals surface area contributed by atoms with Gasteiger partial charge in [0.2, 0.25) is 0 Å². The van der Waals surface area contributed by atoms with Gasteiger partial charge in [0.15, 0.2) is 0 Å². The average molecular weight is 269 g/mol. The molecule has 1 aliphatic rings. The van der Waals surface area contributed by atoms with Gasteiger partial charge in [-0.2, -0.15) is 0 Å². The Kier molecular flexibility index (Phi) is 3.81. The van der Waals surface area contributed by atoms with Crippen LogP contribution in [0.25, 0.3) is 0 Å². The minimum atomic E-state index is -0.405. The SMILES string of the molecule is O=CC1CCN(c2cc(Cl)ccc2[N+](=O)[O-])CC1. The molecule has 0 atom stereocenters. The molecule has 0 bridgehead atoms. The van der Waals surface area contributed by atoms with Crippen LogP contribution in [0.3, 0.4) is 0 Å². The zero-order valence-corrected chi connectivity index (χ0v) is 10.5. The van der Waals surface area contributed by atoms with E-state index in [4.69, 9.17) is 11.6 Å². The monoisotopic (exact) mass is 268 g/mol. The molecule has 0 aromatic heterocycles. The number of aldehydes is 1. The lowest BCUT2D eigenvalue weighted by molar-refractivity contribution is -0.384. The van der Waals surface area contributed by atoms with Crippen molar-refractivity contribution in [2.24, 2.45) is 5.92 Å². The predicted molar refractivity (Wildman–Crippen MR) is 69.1 cm³/mol. The quantitative estimate of drug-likeness (QED) is 0.480. The summed E-state index contributed by atoms with van der Waals surface area (Å²) in [4.78, 5) is 23.2. The minimum Gasteiger partial charge on any atom is -0.366 e. The van der Waals surface area contributed by atoms with Gasteiger partial charge in [0.1, 0.15) is 12.0 Å². The zero-order valence-electron chi connectivity index (χ0n) is 9.71. The number of piperidine rings is 1. The van der Waals surface area contributed by atoms with E-state index in [-0.39, 0.29) is 11.6 Å². The molecule has 1 aromatic carbocycles. The molecule has 0 unspecified atom stereocenters. The Morgan fingerprint density at radius 1 is 1.39 bits per heavy atom. The van der Waals surface area contributed by atoms with Gasteiger partial charge in [-0.1, -0.05) is 11.6 Å². The lowest BCUT2D eigenvalue weighted by Gasteiger charge is -2.31. The molecule has 1 fully saturated rings. The van der Waals surface area contributed by atoms with Crippen LogP contribution in [0.5, 0.6) is 0 Å². The molecule has 1 heterocycles. The maximum absolute atomic E-state index is 11.0. The Balaban J connectivity index is 2.25. The van der Waals surface area contributed by atoms with Crippen LogP contribution in [0, 0.1) is 16.0 Å². The first kappa shape index (κ1) is 12.8. The van der Waals surface area contributed by atoms with Gasteiger partial charge < -0.3 is 9.69 Å². The molecule has 2 rings (SSSR count). The molecule has 0 aliphatic carbocycles. The van der Waals surface area contributed by atoms with E-state index < -0.39 is 4.92 Å². The third kappa shape index (κ3) is 2.61. The first-order valence-corrected chi connectivity index (χ1v) is 6.14. The molecule has 0 N–H and O–H groups in total. The van der Waals surface area contributed by atoms with Crippen molar-refractivity contribution in [1.82, 2.24) is 0 Å². The summed E-state index contributed by atoms with van der Waals surface area (Å²) < 4.78 is 0. The maximum atomic E-state index is 11.0. The molecular weight excluding hydrogens is 256 g/mol. The van der Waals surface area contributed by atoms with Crippen molar-refractivity contribution in [3.8, 4) is 0 Å². The second kappa shape index (κ2) is 5.35. The smallest absolute Gasteiger partial charge is 0.292 e. The normalized spacial score (nSPS) is 16.6. The van der Waals surface area contributed by atoms with E-state index in [0.717, 1.165) is 19.1 Å². The largest absolute Gasteiger partial charge is 0.366 e. The highest BCUT2D eigenvalue weighted by molar-refractivity contribution is 6.31. The summed E-state index contributed by atoms with van der Waals surface area (Å²) in [5.41, 5.74) is 0.598. The zero-order chi connectivity index (χ0) is 13.1. The Morgan fingerprint density at radius 3 is 2.61 bits per heavy atom. The van der Waals surface area contributed by atoms with Crippen molar-refractivity contribution >= 4 is 29.3 Å². The maximum Gasteiger partial charge on any atom is 0.292 e. The van der Waals surface area contributed by atoms with Crippen molar-refractivity contribution in [2.75, 3.05) is 18.0 Å². The topological polar surface area (TPSA) is 63.5 Å². The van der Waals surface area contributed by atoms with Gasteiger partial charge in [0.05, 0.1) is 4.92 Å². The molecule has 0 saturated carbocycles. The number of benzene rings is 1. The Hall–Kier alpha value is -1.62. The number of nitro benzene ring substituents is 1. The van der Waals surface area contributed by atoms with E-state index in [1.54, 1.807) is 6.07 Å². The molecular formula is C12H13ClN2O3. The third-order valence-electron chi connectivity index (χ3n) is 3.21. The average Bonchev–Trinajstić information content (AvgIpc) is 2.38. The number of nitro groups is 1. The second-order valence-electron chi connectivity index (χ2n) is 4.35. The van der Waals surface area contributed by atoms with E-state index in [0.29, 0.717) is 23.8 Å². The number of nitrogens with zero attached hydrogens (tertiary/aromatic N) is 2. The van der Waals surface area contributed by atoms with Gasteiger partial charge >= 0.3 is 0 Å². The number of anilines is 1. The highest BCUT2D eigenvalue weighted by Gasteiger charge is 2.24. The van der Waals surface area contributed by atoms with Gasteiger partial charge in [0.25, 0.3) is 5.69 Å². The van der Waals surface area contributed by atoms with Crippen molar-refractivity contribution in [1.29, 1.82) is 0 Å². The number of rotatable bonds is 3. The summed E-state index contributed by atoms with van der Waals surface area (Å²) in [6.45, 7) is 1.29. The molecule has 0 spiro atoms. The molecule has 18 heavy (non-hydrogen) atoms. The molecule has 6 heteroatoms. The Bertz CT molecular complexity index is 470. The molecule has 1 saturated heterocycles. The van der Waals surface area contributed by atoms with E-state index in [2.05, 4.69) is 0 Å². The lowest BCUT2D eigenvalue weighted by Crippen LogP contribution is -2.34. The van der Waals surface area contributed by atoms with Crippen molar-refractivity contribution in [3.05, 3.63) is 33.3 Å². The number of hydrogen-bond acceptors (Lipinski definition) is 4. The van der Waals surface area contributed by atoms with Gasteiger partial charge in [-0.25, -0.2) is 0 Å².